The van der Waals surface area contributed by atoms with Gasteiger partial charge in [0.2, 0.25) is 5.91 Å². The maximum Gasteiger partial charge on any atom is 0.240 e. The van der Waals surface area contributed by atoms with E-state index < -0.39 is 0 Å². The highest BCUT2D eigenvalue weighted by atomic mass is 16.5. The van der Waals surface area contributed by atoms with Gasteiger partial charge in [-0.25, -0.2) is 0 Å². The molecule has 2 aliphatic heterocycles. The van der Waals surface area contributed by atoms with E-state index in [1.54, 1.807) is 14.2 Å². The molecular weight excluding hydrogens is 462 g/mol. The third kappa shape index (κ3) is 4.15. The van der Waals surface area contributed by atoms with Gasteiger partial charge in [-0.2, -0.15) is 0 Å². The summed E-state index contributed by atoms with van der Waals surface area (Å²) in [6.07, 6.45) is 3.51. The number of para-hydroxylation sites is 1. The van der Waals surface area contributed by atoms with Crippen LogP contribution in [0.2, 0.25) is 0 Å². The number of nitrogens with one attached hydrogen (secondary N) is 1. The molecule has 190 valence electrons. The Balaban J connectivity index is 1.33. The Bertz CT molecular complexity index is 1460. The molecule has 0 saturated heterocycles. The number of aromatic nitrogens is 1. The van der Waals surface area contributed by atoms with E-state index >= 15 is 0 Å². The lowest BCUT2D eigenvalue weighted by Gasteiger charge is -2.42. The van der Waals surface area contributed by atoms with Gasteiger partial charge in [-0.3, -0.25) is 9.69 Å². The second kappa shape index (κ2) is 9.60. The fraction of sp³-hybridized carbons (Fsp3) is 0.323. The maximum absolute atomic E-state index is 14.3. The number of ether oxygens (including phenoxy) is 2. The first kappa shape index (κ1) is 23.6. The van der Waals surface area contributed by atoms with Gasteiger partial charge in [-0.1, -0.05) is 42.5 Å². The van der Waals surface area contributed by atoms with Crippen LogP contribution in [0.25, 0.3) is 10.9 Å². The van der Waals surface area contributed by atoms with Crippen molar-refractivity contribution in [2.24, 2.45) is 0 Å². The third-order valence-corrected chi connectivity index (χ3v) is 8.15. The Morgan fingerprint density at radius 1 is 0.973 bits per heavy atom. The molecule has 3 heterocycles. The first-order chi connectivity index (χ1) is 18.1. The summed E-state index contributed by atoms with van der Waals surface area (Å²) in [6, 6.07) is 20.9. The molecule has 2 atom stereocenters. The normalized spacial score (nSPS) is 19.4. The zero-order valence-corrected chi connectivity index (χ0v) is 21.7. The molecule has 0 radical (unpaired) electrons. The second-order valence-corrected chi connectivity index (χ2v) is 10.1. The molecule has 4 aromatic rings. The standard InChI is InChI=1S/C31H33N3O3/c1-20-26-17-29(37-3)28(36-2)16-23(26)12-14-34(20)31(35)27-15-22-7-4-5-8-24(22)18-33(27)19-25-10-6-9-21-11-13-32-30(21)25/h4-11,13,16-17,20,27,32H,12,14-15,18-19H2,1-3H3/t20-,27+/m1/s1. The first-order valence-corrected chi connectivity index (χ1v) is 13.0. The van der Waals surface area contributed by atoms with Gasteiger partial charge in [0.15, 0.2) is 11.5 Å². The number of carbonyl (C=O) groups excluding carboxylic acids is 1. The van der Waals surface area contributed by atoms with Crippen molar-refractivity contribution in [2.45, 2.75) is 44.9 Å². The second-order valence-electron chi connectivity index (χ2n) is 10.1. The number of benzene rings is 3. The van der Waals surface area contributed by atoms with Gasteiger partial charge in [-0.15, -0.1) is 0 Å². The fourth-order valence-corrected chi connectivity index (χ4v) is 6.12. The van der Waals surface area contributed by atoms with Crippen LogP contribution in [-0.4, -0.2) is 47.5 Å². The van der Waals surface area contributed by atoms with Crippen molar-refractivity contribution in [3.05, 3.63) is 94.7 Å². The van der Waals surface area contributed by atoms with Crippen LogP contribution >= 0.6 is 0 Å². The minimum Gasteiger partial charge on any atom is -0.493 e. The summed E-state index contributed by atoms with van der Waals surface area (Å²) >= 11 is 0. The molecule has 6 rings (SSSR count). The molecule has 6 nitrogen and oxygen atoms in total. The van der Waals surface area contributed by atoms with Crippen molar-refractivity contribution in [3.63, 3.8) is 0 Å². The fourth-order valence-electron chi connectivity index (χ4n) is 6.12. The largest absolute Gasteiger partial charge is 0.493 e. The van der Waals surface area contributed by atoms with E-state index in [1.165, 1.54) is 27.6 Å². The van der Waals surface area contributed by atoms with Crippen molar-refractivity contribution < 1.29 is 14.3 Å². The minimum absolute atomic E-state index is 0.0399. The van der Waals surface area contributed by atoms with E-state index in [2.05, 4.69) is 76.3 Å². The Kier molecular flexibility index (Phi) is 6.13. The molecule has 0 unspecified atom stereocenters. The summed E-state index contributed by atoms with van der Waals surface area (Å²) < 4.78 is 11.1. The predicted molar refractivity (Wildman–Crippen MR) is 145 cm³/mol. The molecule has 0 aliphatic carbocycles. The molecule has 1 N–H and O–H groups in total. The van der Waals surface area contributed by atoms with Gasteiger partial charge in [-0.05, 0) is 71.2 Å². The van der Waals surface area contributed by atoms with Crippen LogP contribution in [0.15, 0.2) is 66.9 Å². The van der Waals surface area contributed by atoms with E-state index in [0.29, 0.717) is 18.8 Å². The van der Waals surface area contributed by atoms with Gasteiger partial charge in [0.05, 0.1) is 26.3 Å². The Morgan fingerprint density at radius 2 is 1.76 bits per heavy atom. The van der Waals surface area contributed by atoms with Crippen molar-refractivity contribution in [1.82, 2.24) is 14.8 Å². The average Bonchev–Trinajstić information content (AvgIpc) is 3.42. The zero-order valence-electron chi connectivity index (χ0n) is 21.7. The lowest BCUT2D eigenvalue weighted by Crippen LogP contribution is -2.53. The van der Waals surface area contributed by atoms with E-state index in [9.17, 15) is 4.79 Å². The van der Waals surface area contributed by atoms with Crippen molar-refractivity contribution >= 4 is 16.8 Å². The Morgan fingerprint density at radius 3 is 2.57 bits per heavy atom. The van der Waals surface area contributed by atoms with Gasteiger partial charge in [0.25, 0.3) is 0 Å². The maximum atomic E-state index is 14.3. The summed E-state index contributed by atoms with van der Waals surface area (Å²) in [4.78, 5) is 22.1. The van der Waals surface area contributed by atoms with Gasteiger partial charge >= 0.3 is 0 Å². The molecule has 1 amide bonds. The smallest absolute Gasteiger partial charge is 0.240 e. The SMILES string of the molecule is COc1cc2c(cc1OC)[C@@H](C)N(C(=O)[C@@H]1Cc3ccccc3CN1Cc1cccc3cc[nH]c13)CC2. The number of carbonyl (C=O) groups is 1. The van der Waals surface area contributed by atoms with Crippen LogP contribution < -0.4 is 9.47 Å². The number of amides is 1. The number of methoxy groups -OCH3 is 2. The molecule has 0 spiro atoms. The van der Waals surface area contributed by atoms with Crippen LogP contribution in [0.5, 0.6) is 11.5 Å². The highest BCUT2D eigenvalue weighted by Crippen LogP contribution is 2.39. The van der Waals surface area contributed by atoms with Gasteiger partial charge in [0, 0.05) is 31.3 Å². The van der Waals surface area contributed by atoms with Crippen LogP contribution in [0, 0.1) is 0 Å². The topological polar surface area (TPSA) is 57.8 Å². The lowest BCUT2D eigenvalue weighted by atomic mass is 9.89. The van der Waals surface area contributed by atoms with Gasteiger partial charge < -0.3 is 19.4 Å². The highest BCUT2D eigenvalue weighted by molar-refractivity contribution is 5.84. The Hall–Kier alpha value is -3.77. The molecular formula is C31H33N3O3. The van der Waals surface area contributed by atoms with E-state index in [-0.39, 0.29) is 18.0 Å². The summed E-state index contributed by atoms with van der Waals surface area (Å²) in [5.41, 5.74) is 7.29. The van der Waals surface area contributed by atoms with E-state index in [4.69, 9.17) is 9.47 Å². The number of nitrogens with zero attached hydrogens (tertiary/aromatic N) is 2. The summed E-state index contributed by atoms with van der Waals surface area (Å²) in [6.45, 7) is 4.29. The molecule has 2 aliphatic rings. The Labute approximate surface area is 217 Å². The van der Waals surface area contributed by atoms with Crippen molar-refractivity contribution in [2.75, 3.05) is 20.8 Å². The number of rotatable bonds is 5. The third-order valence-electron chi connectivity index (χ3n) is 8.15. The number of hydrogen-bond acceptors (Lipinski definition) is 4. The molecule has 0 bridgehead atoms. The molecule has 37 heavy (non-hydrogen) atoms. The predicted octanol–water partition coefficient (Wildman–Crippen LogP) is 5.26. The minimum atomic E-state index is -0.218. The molecule has 3 aromatic carbocycles. The summed E-state index contributed by atoms with van der Waals surface area (Å²) in [7, 11) is 3.32. The number of aromatic amines is 1. The molecule has 6 heteroatoms. The van der Waals surface area contributed by atoms with Crippen LogP contribution in [0.4, 0.5) is 0 Å². The number of hydrogen-bond donors (Lipinski definition) is 1. The summed E-state index contributed by atoms with van der Waals surface area (Å²) in [5.74, 6) is 1.64. The molecule has 0 saturated carbocycles. The van der Waals surface area contributed by atoms with E-state index in [0.717, 1.165) is 36.2 Å². The number of H-pyrrole nitrogens is 1. The van der Waals surface area contributed by atoms with Crippen LogP contribution in [0.3, 0.4) is 0 Å². The van der Waals surface area contributed by atoms with Crippen LogP contribution in [-0.2, 0) is 30.7 Å². The monoisotopic (exact) mass is 495 g/mol. The van der Waals surface area contributed by atoms with Crippen LogP contribution in [0.1, 0.15) is 40.8 Å². The first-order valence-electron chi connectivity index (χ1n) is 13.0. The van der Waals surface area contributed by atoms with Crippen molar-refractivity contribution in [3.8, 4) is 11.5 Å². The molecule has 0 fully saturated rings. The van der Waals surface area contributed by atoms with Gasteiger partial charge in [0.1, 0.15) is 0 Å². The molecule has 1 aromatic heterocycles. The van der Waals surface area contributed by atoms with Crippen molar-refractivity contribution in [1.29, 1.82) is 0 Å². The highest BCUT2D eigenvalue weighted by Gasteiger charge is 2.38. The van der Waals surface area contributed by atoms with E-state index in [1.807, 2.05) is 12.3 Å². The number of fused-ring (bicyclic) bond motifs is 3. The summed E-state index contributed by atoms with van der Waals surface area (Å²) in [5, 5.41) is 1.20. The quantitative estimate of drug-likeness (QED) is 0.411. The lowest BCUT2D eigenvalue weighted by molar-refractivity contribution is -0.140. The average molecular weight is 496 g/mol. The zero-order chi connectivity index (χ0) is 25.5.